The third-order valence-corrected chi connectivity index (χ3v) is 5.93. The van der Waals surface area contributed by atoms with E-state index in [-0.39, 0.29) is 23.7 Å². The number of nitrogen functional groups attached to an aromatic ring is 2. The molecule has 15 nitrogen and oxygen atoms in total. The monoisotopic (exact) mass is 536 g/mol. The van der Waals surface area contributed by atoms with Crippen molar-refractivity contribution in [3.8, 4) is 34.8 Å². The summed E-state index contributed by atoms with van der Waals surface area (Å²) >= 11 is 0. The van der Waals surface area contributed by atoms with Gasteiger partial charge in [0, 0.05) is 12.6 Å². The second-order valence-corrected chi connectivity index (χ2v) is 8.56. The molecule has 40 heavy (non-hydrogen) atoms. The first-order chi connectivity index (χ1) is 19.6. The number of benzene rings is 1. The van der Waals surface area contributed by atoms with E-state index in [1.807, 2.05) is 30.3 Å². The van der Waals surface area contributed by atoms with Gasteiger partial charge in [0.25, 0.3) is 5.78 Å². The van der Waals surface area contributed by atoms with Crippen LogP contribution in [0.15, 0.2) is 76.0 Å². The van der Waals surface area contributed by atoms with Crippen LogP contribution < -0.4 is 21.5 Å². The SMILES string of the molecule is Nc1nc(NCCc2ccccc2Oc2nc(N)n3nc(-c4ccco4)nc3n2)nc2cc(-c3ccco3)nn12. The molecule has 0 aliphatic heterocycles. The molecule has 0 saturated carbocycles. The zero-order valence-corrected chi connectivity index (χ0v) is 20.7. The molecule has 5 N–H and O–H groups in total. The lowest BCUT2D eigenvalue weighted by Gasteiger charge is -2.11. The lowest BCUT2D eigenvalue weighted by molar-refractivity contribution is 0.436. The highest BCUT2D eigenvalue weighted by atomic mass is 16.5. The molecule has 6 heterocycles. The van der Waals surface area contributed by atoms with Crippen LogP contribution in [0.4, 0.5) is 17.8 Å². The van der Waals surface area contributed by atoms with E-state index in [1.54, 1.807) is 30.5 Å². The Balaban J connectivity index is 1.07. The fourth-order valence-corrected chi connectivity index (χ4v) is 4.09. The summed E-state index contributed by atoms with van der Waals surface area (Å²) in [7, 11) is 0. The molecule has 1 aromatic carbocycles. The molecule has 0 unspecified atom stereocenters. The molecule has 7 aromatic rings. The lowest BCUT2D eigenvalue weighted by Crippen LogP contribution is -2.12. The third kappa shape index (κ3) is 4.26. The maximum Gasteiger partial charge on any atom is 0.328 e. The topological polar surface area (TPSA) is 199 Å². The van der Waals surface area contributed by atoms with E-state index in [1.165, 1.54) is 15.3 Å². The van der Waals surface area contributed by atoms with Crippen LogP contribution in [0.2, 0.25) is 0 Å². The van der Waals surface area contributed by atoms with Crippen molar-refractivity contribution in [2.75, 3.05) is 23.3 Å². The Kier molecular flexibility index (Phi) is 5.44. The van der Waals surface area contributed by atoms with Crippen molar-refractivity contribution >= 4 is 29.3 Å². The van der Waals surface area contributed by atoms with E-state index in [9.17, 15) is 0 Å². The number of furan rings is 2. The Bertz CT molecular complexity index is 1940. The summed E-state index contributed by atoms with van der Waals surface area (Å²) in [6.45, 7) is 0.494. The van der Waals surface area contributed by atoms with Crippen LogP contribution in [0.5, 0.6) is 11.8 Å². The second kappa shape index (κ2) is 9.39. The zero-order valence-electron chi connectivity index (χ0n) is 20.7. The van der Waals surface area contributed by atoms with Gasteiger partial charge in [0.15, 0.2) is 17.2 Å². The number of ether oxygens (including phenoxy) is 1. The summed E-state index contributed by atoms with van der Waals surface area (Å²) in [4.78, 5) is 21.8. The van der Waals surface area contributed by atoms with Crippen molar-refractivity contribution < 1.29 is 13.6 Å². The Labute approximate surface area is 224 Å². The molecule has 0 spiro atoms. The van der Waals surface area contributed by atoms with Gasteiger partial charge in [-0.25, -0.2) is 0 Å². The maximum absolute atomic E-state index is 6.12. The first-order valence-corrected chi connectivity index (χ1v) is 12.1. The smallest absolute Gasteiger partial charge is 0.328 e. The van der Waals surface area contributed by atoms with Crippen molar-refractivity contribution in [1.82, 2.24) is 44.1 Å². The highest BCUT2D eigenvalue weighted by Gasteiger charge is 2.16. The molecule has 15 heteroatoms. The van der Waals surface area contributed by atoms with Crippen molar-refractivity contribution in [2.45, 2.75) is 6.42 Å². The largest absolute Gasteiger partial charge is 0.463 e. The molecule has 0 bridgehead atoms. The quantitative estimate of drug-likeness (QED) is 0.256. The number of para-hydroxylation sites is 1. The van der Waals surface area contributed by atoms with E-state index in [0.717, 1.165) is 5.56 Å². The van der Waals surface area contributed by atoms with Gasteiger partial charge < -0.3 is 30.4 Å². The molecular weight excluding hydrogens is 516 g/mol. The van der Waals surface area contributed by atoms with Crippen molar-refractivity contribution in [2.24, 2.45) is 0 Å². The lowest BCUT2D eigenvalue weighted by atomic mass is 10.1. The molecule has 0 fully saturated rings. The number of nitrogens with two attached hydrogens (primary N) is 2. The van der Waals surface area contributed by atoms with Gasteiger partial charge in [0.2, 0.25) is 23.7 Å². The van der Waals surface area contributed by atoms with Gasteiger partial charge in [-0.15, -0.1) is 5.10 Å². The number of aromatic nitrogens is 9. The fourth-order valence-electron chi connectivity index (χ4n) is 4.09. The fraction of sp³-hybridized carbons (Fsp3) is 0.0800. The first-order valence-electron chi connectivity index (χ1n) is 12.1. The molecular formula is C25H20N12O3. The van der Waals surface area contributed by atoms with Crippen LogP contribution in [0.3, 0.4) is 0 Å². The third-order valence-electron chi connectivity index (χ3n) is 5.93. The van der Waals surface area contributed by atoms with E-state index in [2.05, 4.69) is 40.4 Å². The molecule has 0 radical (unpaired) electrons. The highest BCUT2D eigenvalue weighted by molar-refractivity contribution is 5.61. The van der Waals surface area contributed by atoms with Crippen molar-refractivity contribution in [3.05, 3.63) is 72.7 Å². The van der Waals surface area contributed by atoms with Crippen molar-refractivity contribution in [1.29, 1.82) is 0 Å². The normalized spacial score (nSPS) is 11.4. The van der Waals surface area contributed by atoms with Gasteiger partial charge >= 0.3 is 6.01 Å². The van der Waals surface area contributed by atoms with Gasteiger partial charge in [0.05, 0.1) is 12.5 Å². The Morgan fingerprint density at radius 1 is 0.800 bits per heavy atom. The Morgan fingerprint density at radius 2 is 1.60 bits per heavy atom. The second-order valence-electron chi connectivity index (χ2n) is 8.56. The van der Waals surface area contributed by atoms with Crippen LogP contribution in [0.1, 0.15) is 5.56 Å². The number of hydrogen-bond acceptors (Lipinski definition) is 13. The van der Waals surface area contributed by atoms with Gasteiger partial charge in [-0.2, -0.15) is 39.0 Å². The molecule has 0 amide bonds. The number of fused-ring (bicyclic) bond motifs is 2. The number of nitrogens with one attached hydrogen (secondary N) is 1. The van der Waals surface area contributed by atoms with E-state index >= 15 is 0 Å². The van der Waals surface area contributed by atoms with Crippen LogP contribution >= 0.6 is 0 Å². The average Bonchev–Trinajstić information content (AvgIpc) is 3.76. The summed E-state index contributed by atoms with van der Waals surface area (Å²) in [6.07, 6.45) is 3.69. The molecule has 0 aliphatic carbocycles. The van der Waals surface area contributed by atoms with Crippen LogP contribution in [0, 0.1) is 0 Å². The summed E-state index contributed by atoms with van der Waals surface area (Å²) < 4.78 is 19.6. The summed E-state index contributed by atoms with van der Waals surface area (Å²) in [5, 5.41) is 11.9. The Hall–Kier alpha value is -5.99. The number of rotatable bonds is 8. The molecule has 198 valence electrons. The highest BCUT2D eigenvalue weighted by Crippen LogP contribution is 2.26. The predicted octanol–water partition coefficient (Wildman–Crippen LogP) is 3.09. The standard InChI is InChI=1S/C25H20N12O3/c26-21-31-23(29-19-13-15(34-36(19)21)17-7-3-11-38-17)28-10-9-14-5-1-2-6-16(14)40-25-32-22(27)37-24(33-25)30-20(35-37)18-8-4-12-39-18/h1-8,11-13H,9-10H2,(H3,26,28,29,31)(H2,27,30,32,33,35). The minimum Gasteiger partial charge on any atom is -0.463 e. The van der Waals surface area contributed by atoms with Crippen LogP contribution in [-0.4, -0.2) is 50.7 Å². The number of nitrogens with zero attached hydrogens (tertiary/aromatic N) is 9. The van der Waals surface area contributed by atoms with Crippen LogP contribution in [0.25, 0.3) is 34.5 Å². The van der Waals surface area contributed by atoms with Gasteiger partial charge in [-0.05, 0) is 42.3 Å². The zero-order chi connectivity index (χ0) is 27.1. The summed E-state index contributed by atoms with van der Waals surface area (Å²) in [5.41, 5.74) is 14.3. The van der Waals surface area contributed by atoms with Gasteiger partial charge in [-0.1, -0.05) is 18.2 Å². The molecule has 6 aromatic heterocycles. The number of hydrogen-bond donors (Lipinski definition) is 3. The number of anilines is 3. The molecule has 7 rings (SSSR count). The van der Waals surface area contributed by atoms with E-state index in [4.69, 9.17) is 25.0 Å². The summed E-state index contributed by atoms with van der Waals surface area (Å²) in [5.74, 6) is 2.87. The Morgan fingerprint density at radius 3 is 2.42 bits per heavy atom. The average molecular weight is 537 g/mol. The minimum atomic E-state index is 0.0402. The van der Waals surface area contributed by atoms with Gasteiger partial charge in [0.1, 0.15) is 11.4 Å². The van der Waals surface area contributed by atoms with E-state index in [0.29, 0.717) is 53.3 Å². The van der Waals surface area contributed by atoms with Crippen LogP contribution in [-0.2, 0) is 6.42 Å². The summed E-state index contributed by atoms with van der Waals surface area (Å²) in [6, 6.07) is 16.4. The van der Waals surface area contributed by atoms with Gasteiger partial charge in [-0.3, -0.25) is 0 Å². The van der Waals surface area contributed by atoms with Crippen molar-refractivity contribution in [3.63, 3.8) is 0 Å². The van der Waals surface area contributed by atoms with E-state index < -0.39 is 0 Å². The molecule has 0 saturated heterocycles. The maximum atomic E-state index is 6.12. The molecule has 0 atom stereocenters. The first kappa shape index (κ1) is 23.2. The predicted molar refractivity (Wildman–Crippen MR) is 142 cm³/mol. The molecule has 0 aliphatic rings. The minimum absolute atomic E-state index is 0.0402.